The molecule has 2 saturated heterocycles. The van der Waals surface area contributed by atoms with E-state index in [-0.39, 0.29) is 17.5 Å². The van der Waals surface area contributed by atoms with Gasteiger partial charge in [0.2, 0.25) is 0 Å². The minimum absolute atomic E-state index is 0.0529. The van der Waals surface area contributed by atoms with E-state index < -0.39 is 11.7 Å². The van der Waals surface area contributed by atoms with Crippen LogP contribution in [-0.2, 0) is 4.79 Å². The van der Waals surface area contributed by atoms with E-state index in [1.807, 2.05) is 6.92 Å². The number of ketones is 1. The molecule has 1 atom stereocenters. The van der Waals surface area contributed by atoms with Crippen molar-refractivity contribution >= 4 is 40.1 Å². The normalized spacial score (nSPS) is 20.0. The van der Waals surface area contributed by atoms with Crippen molar-refractivity contribution in [2.24, 2.45) is 0 Å². The van der Waals surface area contributed by atoms with Crippen molar-refractivity contribution < 1.29 is 14.4 Å². The fourth-order valence-corrected chi connectivity index (χ4v) is 4.22. The van der Waals surface area contributed by atoms with Crippen LogP contribution in [0.2, 0.25) is 5.02 Å². The Hall–Kier alpha value is -2.38. The number of rotatable bonds is 3. The highest BCUT2D eigenvalue weighted by molar-refractivity contribution is 6.45. The van der Waals surface area contributed by atoms with Gasteiger partial charge in [0.25, 0.3) is 17.6 Å². The minimum atomic E-state index is -0.551. The van der Waals surface area contributed by atoms with Gasteiger partial charge in [-0.25, -0.2) is 0 Å². The minimum Gasteiger partial charge on any atom is -0.360 e. The largest absolute Gasteiger partial charge is 0.360 e. The van der Waals surface area contributed by atoms with Gasteiger partial charge in [-0.05, 0) is 31.9 Å². The molecule has 28 heavy (non-hydrogen) atoms. The molecule has 148 valence electrons. The van der Waals surface area contributed by atoms with E-state index in [1.54, 1.807) is 21.9 Å². The number of Topliss-reactive ketones (excluding diaryl/α,β-unsaturated/α-hetero) is 1. The van der Waals surface area contributed by atoms with Crippen molar-refractivity contribution in [3.63, 3.8) is 0 Å². The van der Waals surface area contributed by atoms with Crippen molar-refractivity contribution in [2.45, 2.75) is 25.8 Å². The maximum Gasteiger partial charge on any atom is 0.295 e. The summed E-state index contributed by atoms with van der Waals surface area (Å²) in [5.41, 5.74) is 1.27. The monoisotopic (exact) mass is 402 g/mol. The van der Waals surface area contributed by atoms with Crippen LogP contribution in [0.3, 0.4) is 0 Å². The third-order valence-corrected chi connectivity index (χ3v) is 5.91. The van der Waals surface area contributed by atoms with E-state index in [0.717, 1.165) is 25.9 Å². The van der Waals surface area contributed by atoms with Crippen molar-refractivity contribution in [3.8, 4) is 0 Å². The predicted molar refractivity (Wildman–Crippen MR) is 107 cm³/mol. The number of nitrogens with zero attached hydrogens (tertiary/aromatic N) is 2. The Labute approximate surface area is 168 Å². The predicted octanol–water partition coefficient (Wildman–Crippen LogP) is 2.06. The zero-order valence-electron chi connectivity index (χ0n) is 15.8. The number of hydrogen-bond donors (Lipinski definition) is 2. The van der Waals surface area contributed by atoms with Crippen molar-refractivity contribution in [1.29, 1.82) is 0 Å². The lowest BCUT2D eigenvalue weighted by atomic mass is 10.0. The lowest BCUT2D eigenvalue weighted by molar-refractivity contribution is -0.125. The van der Waals surface area contributed by atoms with Gasteiger partial charge in [-0.3, -0.25) is 14.4 Å². The second-order valence-corrected chi connectivity index (χ2v) is 7.87. The van der Waals surface area contributed by atoms with Crippen LogP contribution in [0.5, 0.6) is 0 Å². The molecule has 7 nitrogen and oxygen atoms in total. The highest BCUT2D eigenvalue weighted by atomic mass is 35.5. The maximum absolute atomic E-state index is 13.1. The highest BCUT2D eigenvalue weighted by Crippen LogP contribution is 2.28. The Balaban J connectivity index is 1.69. The summed E-state index contributed by atoms with van der Waals surface area (Å²) in [6.45, 7) is 5.27. The molecule has 8 heteroatoms. The number of H-pyrrole nitrogens is 1. The molecule has 2 aliphatic rings. The van der Waals surface area contributed by atoms with E-state index in [4.69, 9.17) is 11.6 Å². The van der Waals surface area contributed by atoms with Crippen molar-refractivity contribution in [2.75, 3.05) is 32.7 Å². The number of aromatic nitrogens is 1. The summed E-state index contributed by atoms with van der Waals surface area (Å²) in [5, 5.41) is 4.13. The van der Waals surface area contributed by atoms with Crippen LogP contribution in [0.1, 0.15) is 40.5 Å². The van der Waals surface area contributed by atoms with Gasteiger partial charge in [0.15, 0.2) is 0 Å². The third kappa shape index (κ3) is 3.29. The molecule has 3 heterocycles. The molecule has 2 aromatic rings. The van der Waals surface area contributed by atoms with E-state index in [1.165, 1.54) is 6.20 Å². The topological polar surface area (TPSA) is 85.5 Å². The molecule has 0 bridgehead atoms. The van der Waals surface area contributed by atoms with Crippen LogP contribution in [0.25, 0.3) is 10.9 Å². The number of benzene rings is 1. The molecule has 1 aromatic heterocycles. The van der Waals surface area contributed by atoms with Crippen LogP contribution < -0.4 is 5.32 Å². The number of halogens is 1. The number of aromatic amines is 1. The van der Waals surface area contributed by atoms with Crippen LogP contribution in [0, 0.1) is 0 Å². The molecule has 0 radical (unpaired) electrons. The average Bonchev–Trinajstić information content (AvgIpc) is 3.36. The van der Waals surface area contributed by atoms with E-state index >= 15 is 0 Å². The van der Waals surface area contributed by atoms with Gasteiger partial charge >= 0.3 is 0 Å². The zero-order chi connectivity index (χ0) is 19.8. The number of likely N-dealkylation sites (tertiary alicyclic amines) is 1. The summed E-state index contributed by atoms with van der Waals surface area (Å²) in [4.78, 5) is 44.7. The first-order chi connectivity index (χ1) is 13.5. The molecule has 0 aliphatic carbocycles. The first-order valence-corrected chi connectivity index (χ1v) is 10.0. The Morgan fingerprint density at radius 2 is 1.86 bits per heavy atom. The number of nitrogens with one attached hydrogen (secondary N) is 2. The number of amides is 2. The van der Waals surface area contributed by atoms with Gasteiger partial charge in [-0.1, -0.05) is 11.6 Å². The van der Waals surface area contributed by atoms with Gasteiger partial charge in [0, 0.05) is 55.9 Å². The Morgan fingerprint density at radius 1 is 1.11 bits per heavy atom. The number of hydrogen-bond acceptors (Lipinski definition) is 4. The molecule has 2 fully saturated rings. The standard InChI is InChI=1S/C20H23ClN4O3/c1-12-10-22-4-7-25(12)19(27)14-8-13-15(11-23-17(13)9-16(14)21)18(26)20(28)24-5-2-3-6-24/h8-9,11-12,22-23H,2-7,10H2,1H3/t12-/m1/s1. The number of carbonyl (C=O) groups excluding carboxylic acids is 3. The fraction of sp³-hybridized carbons (Fsp3) is 0.450. The first-order valence-electron chi connectivity index (χ1n) is 9.63. The fourth-order valence-electron chi connectivity index (χ4n) is 3.97. The second kappa shape index (κ2) is 7.56. The molecular formula is C20H23ClN4O3. The maximum atomic E-state index is 13.1. The van der Waals surface area contributed by atoms with E-state index in [0.29, 0.717) is 41.1 Å². The lowest BCUT2D eigenvalue weighted by Gasteiger charge is -2.34. The van der Waals surface area contributed by atoms with Gasteiger partial charge in [-0.15, -0.1) is 0 Å². The summed E-state index contributed by atoms with van der Waals surface area (Å²) in [7, 11) is 0. The molecule has 4 rings (SSSR count). The van der Waals surface area contributed by atoms with E-state index in [2.05, 4.69) is 10.3 Å². The molecule has 2 N–H and O–H groups in total. The number of piperazine rings is 1. The highest BCUT2D eigenvalue weighted by Gasteiger charge is 2.29. The quantitative estimate of drug-likeness (QED) is 0.608. The molecule has 0 saturated carbocycles. The average molecular weight is 403 g/mol. The van der Waals surface area contributed by atoms with Gasteiger partial charge in [0.1, 0.15) is 0 Å². The molecular weight excluding hydrogens is 380 g/mol. The zero-order valence-corrected chi connectivity index (χ0v) is 16.5. The number of fused-ring (bicyclic) bond motifs is 1. The Bertz CT molecular complexity index is 948. The summed E-state index contributed by atoms with van der Waals surface area (Å²) < 4.78 is 0. The summed E-state index contributed by atoms with van der Waals surface area (Å²) in [6.07, 6.45) is 3.37. The molecule has 2 aliphatic heterocycles. The van der Waals surface area contributed by atoms with Crippen molar-refractivity contribution in [1.82, 2.24) is 20.1 Å². The van der Waals surface area contributed by atoms with Crippen LogP contribution >= 0.6 is 11.6 Å². The Morgan fingerprint density at radius 3 is 2.57 bits per heavy atom. The van der Waals surface area contributed by atoms with E-state index in [9.17, 15) is 14.4 Å². The SMILES string of the molecule is C[C@@H]1CNCCN1C(=O)c1cc2c(C(=O)C(=O)N3CCCC3)c[nH]c2cc1Cl. The summed E-state index contributed by atoms with van der Waals surface area (Å²) in [5.74, 6) is -1.20. The van der Waals surface area contributed by atoms with Gasteiger partial charge < -0.3 is 20.1 Å². The summed E-state index contributed by atoms with van der Waals surface area (Å²) in [6, 6.07) is 3.33. The molecule has 0 unspecified atom stereocenters. The van der Waals surface area contributed by atoms with Crippen molar-refractivity contribution in [3.05, 3.63) is 34.5 Å². The lowest BCUT2D eigenvalue weighted by Crippen LogP contribution is -2.52. The van der Waals surface area contributed by atoms with Crippen LogP contribution in [-0.4, -0.2) is 71.1 Å². The third-order valence-electron chi connectivity index (χ3n) is 5.59. The molecule has 0 spiro atoms. The number of carbonyl (C=O) groups is 3. The smallest absolute Gasteiger partial charge is 0.295 e. The summed E-state index contributed by atoms with van der Waals surface area (Å²) >= 11 is 6.38. The van der Waals surface area contributed by atoms with Crippen LogP contribution in [0.4, 0.5) is 0 Å². The first kappa shape index (κ1) is 19.0. The van der Waals surface area contributed by atoms with Gasteiger partial charge in [0.05, 0.1) is 16.1 Å². The second-order valence-electron chi connectivity index (χ2n) is 7.46. The Kier molecular flexibility index (Phi) is 5.12. The van der Waals surface area contributed by atoms with Crippen LogP contribution in [0.15, 0.2) is 18.3 Å². The molecule has 2 amide bonds. The van der Waals surface area contributed by atoms with Gasteiger partial charge in [-0.2, -0.15) is 0 Å². The molecule has 1 aromatic carbocycles.